The Labute approximate surface area is 171 Å². The van der Waals surface area contributed by atoms with Crippen molar-refractivity contribution in [2.24, 2.45) is 10.8 Å². The van der Waals surface area contributed by atoms with Crippen molar-refractivity contribution in [3.63, 3.8) is 0 Å². The summed E-state index contributed by atoms with van der Waals surface area (Å²) in [5.74, 6) is -1.48. The highest BCUT2D eigenvalue weighted by molar-refractivity contribution is 6.44. The van der Waals surface area contributed by atoms with Gasteiger partial charge in [0.25, 0.3) is 11.8 Å². The molecule has 2 aromatic carbocycles. The van der Waals surface area contributed by atoms with Crippen LogP contribution in [0.15, 0.2) is 59.7 Å². The number of hydrogen-bond acceptors (Lipinski definition) is 6. The van der Waals surface area contributed by atoms with Crippen molar-refractivity contribution in [3.8, 4) is 0 Å². The first kappa shape index (κ1) is 19.1. The maximum Gasteiger partial charge on any atom is 0.329 e. The minimum absolute atomic E-state index is 0.0583. The summed E-state index contributed by atoms with van der Waals surface area (Å²) < 4.78 is 0. The molecule has 4 N–H and O–H groups in total. The molecule has 10 heteroatoms. The maximum absolute atomic E-state index is 12.7. The monoisotopic (exact) mass is 406 g/mol. The molecule has 2 aromatic rings. The molecule has 5 amide bonds. The highest BCUT2D eigenvalue weighted by Gasteiger charge is 2.35. The third-order valence-corrected chi connectivity index (χ3v) is 4.73. The molecule has 152 valence electrons. The zero-order valence-corrected chi connectivity index (χ0v) is 15.7. The number of nitrogens with two attached hydrogens (primary N) is 1. The van der Waals surface area contributed by atoms with Gasteiger partial charge in [0.15, 0.2) is 0 Å². The van der Waals surface area contributed by atoms with Crippen LogP contribution in [0.4, 0.5) is 21.9 Å². The number of carbonyl (C=O) groups excluding carboxylic acids is 4. The van der Waals surface area contributed by atoms with Crippen molar-refractivity contribution in [2.45, 2.75) is 12.5 Å². The third-order valence-electron chi connectivity index (χ3n) is 4.73. The number of benzene rings is 2. The van der Waals surface area contributed by atoms with Gasteiger partial charge in [-0.3, -0.25) is 19.4 Å². The van der Waals surface area contributed by atoms with Gasteiger partial charge in [-0.05, 0) is 30.3 Å². The summed E-state index contributed by atoms with van der Waals surface area (Å²) in [6.07, 6.45) is 0.0583. The molecule has 2 heterocycles. The summed E-state index contributed by atoms with van der Waals surface area (Å²) in [4.78, 5) is 49.3. The van der Waals surface area contributed by atoms with Gasteiger partial charge in [-0.25, -0.2) is 9.69 Å². The van der Waals surface area contributed by atoms with Crippen LogP contribution in [-0.2, 0) is 14.4 Å². The highest BCUT2D eigenvalue weighted by Crippen LogP contribution is 2.26. The predicted octanol–water partition coefficient (Wildman–Crippen LogP) is 0.801. The molecule has 1 fully saturated rings. The van der Waals surface area contributed by atoms with E-state index < -0.39 is 23.9 Å². The minimum Gasteiger partial charge on any atom is -0.368 e. The first-order chi connectivity index (χ1) is 14.4. The SMILES string of the molecule is NC(=O)C1CC(C(=O)Nc2cccc(N3C(=O)CNC3=O)c2)=NN1c1ccccc1. The van der Waals surface area contributed by atoms with Crippen LogP contribution in [0, 0.1) is 0 Å². The van der Waals surface area contributed by atoms with Gasteiger partial charge in [0.1, 0.15) is 11.8 Å². The molecule has 2 aliphatic heterocycles. The first-order valence-corrected chi connectivity index (χ1v) is 9.17. The second kappa shape index (κ2) is 7.66. The van der Waals surface area contributed by atoms with Crippen LogP contribution in [-0.4, -0.2) is 42.1 Å². The molecule has 1 unspecified atom stereocenters. The van der Waals surface area contributed by atoms with Crippen LogP contribution >= 0.6 is 0 Å². The van der Waals surface area contributed by atoms with Crippen molar-refractivity contribution >= 4 is 46.5 Å². The molecule has 30 heavy (non-hydrogen) atoms. The van der Waals surface area contributed by atoms with Crippen LogP contribution in [0.3, 0.4) is 0 Å². The summed E-state index contributed by atoms with van der Waals surface area (Å²) in [6.45, 7) is -0.0734. The van der Waals surface area contributed by atoms with E-state index in [2.05, 4.69) is 15.7 Å². The third kappa shape index (κ3) is 3.58. The minimum atomic E-state index is -0.773. The van der Waals surface area contributed by atoms with Gasteiger partial charge < -0.3 is 16.4 Å². The van der Waals surface area contributed by atoms with E-state index in [9.17, 15) is 19.2 Å². The number of imide groups is 1. The van der Waals surface area contributed by atoms with E-state index in [1.807, 2.05) is 6.07 Å². The van der Waals surface area contributed by atoms with Gasteiger partial charge in [0.05, 0.1) is 17.9 Å². The Kier molecular flexibility index (Phi) is 4.88. The highest BCUT2D eigenvalue weighted by atomic mass is 16.2. The van der Waals surface area contributed by atoms with E-state index in [1.54, 1.807) is 42.5 Å². The van der Waals surface area contributed by atoms with Crippen molar-refractivity contribution < 1.29 is 19.2 Å². The van der Waals surface area contributed by atoms with Crippen LogP contribution in [0.5, 0.6) is 0 Å². The molecule has 0 saturated carbocycles. The Bertz CT molecular complexity index is 1050. The molecule has 0 spiro atoms. The number of rotatable bonds is 5. The van der Waals surface area contributed by atoms with Gasteiger partial charge >= 0.3 is 6.03 Å². The lowest BCUT2D eigenvalue weighted by atomic mass is 10.1. The van der Waals surface area contributed by atoms with Crippen LogP contribution in [0.25, 0.3) is 0 Å². The van der Waals surface area contributed by atoms with E-state index in [1.165, 1.54) is 11.1 Å². The molecular weight excluding hydrogens is 388 g/mol. The fraction of sp³-hybridized carbons (Fsp3) is 0.150. The zero-order chi connectivity index (χ0) is 21.3. The number of para-hydroxylation sites is 1. The number of anilines is 3. The quantitative estimate of drug-likeness (QED) is 0.631. The standard InChI is InChI=1S/C20H18N6O4/c21-18(28)16-10-15(24-26(16)13-6-2-1-3-7-13)19(29)23-12-5-4-8-14(9-12)25-17(27)11-22-20(25)30/h1-9,16H,10-11H2,(H2,21,28)(H,22,30)(H,23,29). The Morgan fingerprint density at radius 1 is 1.07 bits per heavy atom. The Morgan fingerprint density at radius 2 is 1.80 bits per heavy atom. The molecule has 1 saturated heterocycles. The van der Waals surface area contributed by atoms with E-state index in [0.29, 0.717) is 17.1 Å². The average Bonchev–Trinajstić information content (AvgIpc) is 3.33. The molecule has 1 atom stereocenters. The number of amides is 5. The van der Waals surface area contributed by atoms with Gasteiger partial charge in [0.2, 0.25) is 5.91 Å². The van der Waals surface area contributed by atoms with Crippen molar-refractivity contribution in [2.75, 3.05) is 21.8 Å². The number of urea groups is 1. The van der Waals surface area contributed by atoms with Gasteiger partial charge in [-0.15, -0.1) is 0 Å². The summed E-state index contributed by atoms with van der Waals surface area (Å²) in [7, 11) is 0. The number of primary amides is 1. The van der Waals surface area contributed by atoms with Gasteiger partial charge in [0, 0.05) is 12.1 Å². The van der Waals surface area contributed by atoms with Gasteiger partial charge in [-0.2, -0.15) is 5.10 Å². The lowest BCUT2D eigenvalue weighted by Gasteiger charge is -2.20. The molecule has 2 aliphatic rings. The number of nitrogens with zero attached hydrogens (tertiary/aromatic N) is 3. The van der Waals surface area contributed by atoms with Crippen molar-refractivity contribution in [3.05, 3.63) is 54.6 Å². The fourth-order valence-corrected chi connectivity index (χ4v) is 3.30. The van der Waals surface area contributed by atoms with Crippen LogP contribution in [0.1, 0.15) is 6.42 Å². The molecule has 0 radical (unpaired) electrons. The molecule has 4 rings (SSSR count). The first-order valence-electron chi connectivity index (χ1n) is 9.17. The number of hydrogen-bond donors (Lipinski definition) is 3. The number of carbonyl (C=O) groups is 4. The Balaban J connectivity index is 1.54. The maximum atomic E-state index is 12.7. The normalized spacial score (nSPS) is 18.3. The smallest absolute Gasteiger partial charge is 0.329 e. The molecule has 10 nitrogen and oxygen atoms in total. The number of hydrazone groups is 1. The second-order valence-electron chi connectivity index (χ2n) is 6.74. The zero-order valence-electron chi connectivity index (χ0n) is 15.7. The average molecular weight is 406 g/mol. The summed E-state index contributed by atoms with van der Waals surface area (Å²) in [5, 5.41) is 10.9. The topological polar surface area (TPSA) is 137 Å². The molecule has 0 bridgehead atoms. The van der Waals surface area contributed by atoms with E-state index in [-0.39, 0.29) is 24.6 Å². The Morgan fingerprint density at radius 3 is 2.47 bits per heavy atom. The van der Waals surface area contributed by atoms with Gasteiger partial charge in [-0.1, -0.05) is 24.3 Å². The molecule has 0 aromatic heterocycles. The fourth-order valence-electron chi connectivity index (χ4n) is 3.30. The Hall–Kier alpha value is -4.21. The lowest BCUT2D eigenvalue weighted by molar-refractivity contribution is -0.119. The number of nitrogens with one attached hydrogen (secondary N) is 2. The van der Waals surface area contributed by atoms with Crippen LogP contribution < -0.4 is 26.3 Å². The molecule has 0 aliphatic carbocycles. The lowest BCUT2D eigenvalue weighted by Crippen LogP contribution is -2.39. The van der Waals surface area contributed by atoms with E-state index in [4.69, 9.17) is 5.73 Å². The molecular formula is C20H18N6O4. The van der Waals surface area contributed by atoms with E-state index in [0.717, 1.165) is 4.90 Å². The van der Waals surface area contributed by atoms with E-state index >= 15 is 0 Å². The summed E-state index contributed by atoms with van der Waals surface area (Å²) in [6, 6.07) is 14.0. The largest absolute Gasteiger partial charge is 0.368 e. The summed E-state index contributed by atoms with van der Waals surface area (Å²) in [5.41, 5.74) is 6.99. The predicted molar refractivity (Wildman–Crippen MR) is 110 cm³/mol. The second-order valence-corrected chi connectivity index (χ2v) is 6.74. The van der Waals surface area contributed by atoms with Crippen molar-refractivity contribution in [1.29, 1.82) is 0 Å². The van der Waals surface area contributed by atoms with Crippen molar-refractivity contribution in [1.82, 2.24) is 5.32 Å². The van der Waals surface area contributed by atoms with Crippen LogP contribution in [0.2, 0.25) is 0 Å². The summed E-state index contributed by atoms with van der Waals surface area (Å²) >= 11 is 0.